The summed E-state index contributed by atoms with van der Waals surface area (Å²) in [5.41, 5.74) is 6.73. The van der Waals surface area contributed by atoms with Gasteiger partial charge in [-0.1, -0.05) is 30.9 Å². The van der Waals surface area contributed by atoms with Gasteiger partial charge in [0.1, 0.15) is 5.75 Å². The number of carbonyl (C=O) groups is 2. The minimum absolute atomic E-state index is 0.234. The summed E-state index contributed by atoms with van der Waals surface area (Å²) in [5.74, 6) is -0.362. The maximum absolute atomic E-state index is 12.1. The summed E-state index contributed by atoms with van der Waals surface area (Å²) in [6, 6.07) is 2.08. The number of nitrogens with two attached hydrogens (primary N) is 1. The van der Waals surface area contributed by atoms with Crippen molar-refractivity contribution in [2.45, 2.75) is 51.1 Å². The fourth-order valence-electron chi connectivity index (χ4n) is 3.60. The van der Waals surface area contributed by atoms with Gasteiger partial charge in [-0.25, -0.2) is 4.99 Å². The molecule has 2 atom stereocenters. The molecule has 28 heavy (non-hydrogen) atoms. The van der Waals surface area contributed by atoms with Crippen LogP contribution in [-0.2, 0) is 9.59 Å². The maximum atomic E-state index is 12.1. The van der Waals surface area contributed by atoms with Crippen molar-refractivity contribution in [2.24, 2.45) is 10.7 Å². The maximum Gasteiger partial charge on any atom is 0.259 e. The van der Waals surface area contributed by atoms with Crippen molar-refractivity contribution in [1.29, 1.82) is 0 Å². The van der Waals surface area contributed by atoms with Gasteiger partial charge in [0.05, 0.1) is 23.4 Å². The van der Waals surface area contributed by atoms with Gasteiger partial charge in [0.25, 0.3) is 5.91 Å². The molecule has 0 bridgehead atoms. The van der Waals surface area contributed by atoms with Crippen LogP contribution in [0.5, 0.6) is 5.75 Å². The molecule has 9 heteroatoms. The topological polar surface area (TPSA) is 117 Å². The smallest absolute Gasteiger partial charge is 0.259 e. The van der Waals surface area contributed by atoms with Gasteiger partial charge in [-0.2, -0.15) is 0 Å². The number of rotatable bonds is 9. The number of primary amides is 1. The summed E-state index contributed by atoms with van der Waals surface area (Å²) in [6.07, 6.45) is 4.82. The van der Waals surface area contributed by atoms with Crippen LogP contribution in [0.3, 0.4) is 0 Å². The van der Waals surface area contributed by atoms with E-state index in [9.17, 15) is 9.59 Å². The first kappa shape index (κ1) is 20.4. The predicted molar refractivity (Wildman–Crippen MR) is 106 cm³/mol. The zero-order chi connectivity index (χ0) is 20.3. The number of unbranched alkanes of at least 4 members (excludes halogenated alkanes) is 4. The van der Waals surface area contributed by atoms with Gasteiger partial charge in [0.15, 0.2) is 6.04 Å². The fourth-order valence-corrected chi connectivity index (χ4v) is 3.97. The van der Waals surface area contributed by atoms with E-state index in [2.05, 4.69) is 10.3 Å². The van der Waals surface area contributed by atoms with Crippen LogP contribution in [0.2, 0.25) is 5.02 Å². The Morgan fingerprint density at radius 3 is 2.75 bits per heavy atom. The van der Waals surface area contributed by atoms with Crippen molar-refractivity contribution in [2.75, 3.05) is 13.2 Å². The van der Waals surface area contributed by atoms with Crippen LogP contribution in [0.25, 0.3) is 0 Å². The number of nitrogens with one attached hydrogen (secondary N) is 1. The van der Waals surface area contributed by atoms with E-state index in [0.29, 0.717) is 34.6 Å². The minimum Gasteiger partial charge on any atom is -0.492 e. The number of guanidine groups is 1. The number of amides is 2. The summed E-state index contributed by atoms with van der Waals surface area (Å²) in [4.78, 5) is 29.8. The lowest BCUT2D eigenvalue weighted by Gasteiger charge is -2.33. The lowest BCUT2D eigenvalue weighted by Crippen LogP contribution is -2.47. The average Bonchev–Trinajstić information content (AvgIpc) is 2.99. The van der Waals surface area contributed by atoms with Crippen LogP contribution in [0.4, 0.5) is 5.69 Å². The van der Waals surface area contributed by atoms with Crippen LogP contribution >= 0.6 is 11.6 Å². The number of aliphatic imine (C=N–C) groups is 1. The molecule has 2 unspecified atom stereocenters. The predicted octanol–water partition coefficient (Wildman–Crippen LogP) is 2.01. The molecule has 0 radical (unpaired) electrons. The van der Waals surface area contributed by atoms with Crippen molar-refractivity contribution in [1.82, 2.24) is 10.2 Å². The first-order valence-corrected chi connectivity index (χ1v) is 9.86. The van der Waals surface area contributed by atoms with E-state index in [1.807, 2.05) is 6.92 Å². The number of halogens is 1. The Hall–Kier alpha value is -2.32. The van der Waals surface area contributed by atoms with Gasteiger partial charge >= 0.3 is 0 Å². The van der Waals surface area contributed by atoms with Gasteiger partial charge in [0.2, 0.25) is 11.9 Å². The highest BCUT2D eigenvalue weighted by Crippen LogP contribution is 2.44. The van der Waals surface area contributed by atoms with Gasteiger partial charge in [-0.3, -0.25) is 14.9 Å². The van der Waals surface area contributed by atoms with Gasteiger partial charge in [0, 0.05) is 12.2 Å². The minimum atomic E-state index is -1.11. The first-order chi connectivity index (χ1) is 13.5. The second-order valence-corrected chi connectivity index (χ2v) is 7.34. The molecule has 1 fully saturated rings. The summed E-state index contributed by atoms with van der Waals surface area (Å²) < 4.78 is 5.84. The van der Waals surface area contributed by atoms with Crippen LogP contribution in [0.15, 0.2) is 17.1 Å². The number of hydrogen-bond acceptors (Lipinski definition) is 6. The van der Waals surface area contributed by atoms with E-state index in [0.717, 1.165) is 32.1 Å². The zero-order valence-electron chi connectivity index (χ0n) is 15.8. The monoisotopic (exact) mass is 408 g/mol. The summed E-state index contributed by atoms with van der Waals surface area (Å²) in [7, 11) is 0. The Kier molecular flexibility index (Phi) is 6.41. The van der Waals surface area contributed by atoms with Crippen LogP contribution < -0.4 is 15.8 Å². The van der Waals surface area contributed by atoms with Crippen molar-refractivity contribution in [3.8, 4) is 5.75 Å². The van der Waals surface area contributed by atoms with Crippen LogP contribution in [0, 0.1) is 0 Å². The number of ether oxygens (including phenoxy) is 1. The summed E-state index contributed by atoms with van der Waals surface area (Å²) >= 11 is 6.59. The van der Waals surface area contributed by atoms with E-state index < -0.39 is 17.9 Å². The second-order valence-electron chi connectivity index (χ2n) is 6.96. The normalized spacial score (nSPS) is 20.3. The molecule has 1 saturated heterocycles. The van der Waals surface area contributed by atoms with E-state index in [4.69, 9.17) is 27.2 Å². The Bertz CT molecular complexity index is 798. The molecule has 0 saturated carbocycles. The third-order valence-electron chi connectivity index (χ3n) is 5.02. The van der Waals surface area contributed by atoms with E-state index >= 15 is 0 Å². The molecule has 2 aliphatic rings. The molecule has 2 amide bonds. The number of nitrogens with zero attached hydrogens (tertiary/aromatic N) is 2. The third kappa shape index (κ3) is 3.93. The average molecular weight is 409 g/mol. The number of aliphatic hydroxyl groups is 1. The van der Waals surface area contributed by atoms with E-state index in [-0.39, 0.29) is 12.6 Å². The highest BCUT2D eigenvalue weighted by Gasteiger charge is 2.46. The molecular weight excluding hydrogens is 384 g/mol. The molecule has 0 aromatic heterocycles. The second kappa shape index (κ2) is 8.79. The van der Waals surface area contributed by atoms with Crippen LogP contribution in [0.1, 0.15) is 50.6 Å². The number of fused-ring (bicyclic) bond motifs is 2. The van der Waals surface area contributed by atoms with Crippen molar-refractivity contribution >= 4 is 35.1 Å². The van der Waals surface area contributed by atoms with E-state index in [1.54, 1.807) is 17.0 Å². The van der Waals surface area contributed by atoms with Gasteiger partial charge in [-0.15, -0.1) is 0 Å². The molecule has 3 rings (SSSR count). The van der Waals surface area contributed by atoms with E-state index in [1.165, 1.54) is 0 Å². The molecule has 2 heterocycles. The molecule has 4 N–H and O–H groups in total. The molecule has 0 aliphatic carbocycles. The quantitative estimate of drug-likeness (QED) is 0.426. The van der Waals surface area contributed by atoms with Crippen molar-refractivity contribution < 1.29 is 19.4 Å². The molecule has 2 aliphatic heterocycles. The molecule has 152 valence electrons. The largest absolute Gasteiger partial charge is 0.492 e. The third-order valence-corrected chi connectivity index (χ3v) is 5.41. The van der Waals surface area contributed by atoms with Crippen molar-refractivity contribution in [3.63, 3.8) is 0 Å². The number of benzene rings is 1. The van der Waals surface area contributed by atoms with Gasteiger partial charge < -0.3 is 20.5 Å². The first-order valence-electron chi connectivity index (χ1n) is 9.49. The zero-order valence-corrected chi connectivity index (χ0v) is 16.5. The molecule has 1 aromatic rings. The molecule has 1 aromatic carbocycles. The molecule has 8 nitrogen and oxygen atoms in total. The Balaban J connectivity index is 1.71. The lowest BCUT2D eigenvalue weighted by atomic mass is 10.0. The lowest BCUT2D eigenvalue weighted by molar-refractivity contribution is -0.131. The number of hydrogen-bond donors (Lipinski definition) is 3. The number of carbonyl (C=O) groups excluding carboxylic acids is 2. The Morgan fingerprint density at radius 1 is 1.32 bits per heavy atom. The molecule has 0 spiro atoms. The Morgan fingerprint density at radius 2 is 2.04 bits per heavy atom. The SMILES string of the molecule is CC1c2c(ccc(OCCCCCCCO)c2Cl)N=C2NC(=O)C(C(N)=O)N21. The standard InChI is InChI=1S/C19H25ClN4O4/c1-11-14-12(22-19-23-18(27)16(17(21)26)24(11)19)7-8-13(15(14)20)28-10-6-4-2-3-5-9-25/h7-8,11,16,25H,2-6,9-10H2,1H3,(H2,21,26)(H,22,23,27). The highest BCUT2D eigenvalue weighted by molar-refractivity contribution is 6.33. The van der Waals surface area contributed by atoms with Gasteiger partial charge in [-0.05, 0) is 31.9 Å². The summed E-state index contributed by atoms with van der Waals surface area (Å²) in [5, 5.41) is 11.8. The fraction of sp³-hybridized carbons (Fsp3) is 0.526. The number of aliphatic hydroxyl groups excluding tert-OH is 1. The highest BCUT2D eigenvalue weighted by atomic mass is 35.5. The summed E-state index contributed by atoms with van der Waals surface area (Å²) in [6.45, 7) is 2.62. The Labute approximate surface area is 168 Å². The molecular formula is C19H25ClN4O4. The van der Waals surface area contributed by atoms with Crippen LogP contribution in [-0.4, -0.2) is 47.0 Å². The van der Waals surface area contributed by atoms with Crippen molar-refractivity contribution in [3.05, 3.63) is 22.7 Å².